The molecule has 2 aliphatic carbocycles. The average molecular weight is 299 g/mol. The summed E-state index contributed by atoms with van der Waals surface area (Å²) in [5.74, 6) is 1.88. The number of hydrogen-bond acceptors (Lipinski definition) is 5. The number of hydrogen-bond donors (Lipinski definition) is 1. The number of benzene rings is 1. The van der Waals surface area contributed by atoms with E-state index < -0.39 is 6.09 Å². The highest BCUT2D eigenvalue weighted by Gasteiger charge is 2.29. The number of aryl methyl sites for hydroxylation is 1. The third kappa shape index (κ3) is 2.34. The molecule has 0 radical (unpaired) electrons. The van der Waals surface area contributed by atoms with E-state index in [-0.39, 0.29) is 6.04 Å². The Kier molecular flexibility index (Phi) is 3.10. The van der Waals surface area contributed by atoms with Gasteiger partial charge in [-0.2, -0.15) is 4.98 Å². The lowest BCUT2D eigenvalue weighted by atomic mass is 10.0. The Bertz CT molecular complexity index is 721. The molecule has 0 saturated heterocycles. The summed E-state index contributed by atoms with van der Waals surface area (Å²) in [7, 11) is 1.38. The van der Waals surface area contributed by atoms with Crippen LogP contribution in [0.5, 0.6) is 0 Å². The molecule has 2 aliphatic rings. The number of carbonyl (C=O) groups excluding carboxylic acids is 1. The molecule has 1 aromatic heterocycles. The van der Waals surface area contributed by atoms with Crippen molar-refractivity contribution in [1.82, 2.24) is 15.5 Å². The van der Waals surface area contributed by atoms with Gasteiger partial charge in [0.05, 0.1) is 13.2 Å². The largest absolute Gasteiger partial charge is 0.453 e. The first-order valence-corrected chi connectivity index (χ1v) is 7.56. The first kappa shape index (κ1) is 13.3. The van der Waals surface area contributed by atoms with E-state index in [1.165, 1.54) is 12.7 Å². The summed E-state index contributed by atoms with van der Waals surface area (Å²) in [4.78, 5) is 15.9. The Hall–Kier alpha value is -2.37. The zero-order chi connectivity index (χ0) is 15.1. The molecule has 1 atom stereocenters. The summed E-state index contributed by atoms with van der Waals surface area (Å²) >= 11 is 0. The number of rotatable bonds is 3. The van der Waals surface area contributed by atoms with Gasteiger partial charge in [-0.1, -0.05) is 11.2 Å². The Balaban J connectivity index is 1.58. The molecule has 0 aliphatic heterocycles. The highest BCUT2D eigenvalue weighted by Crippen LogP contribution is 2.39. The maximum absolute atomic E-state index is 11.4. The van der Waals surface area contributed by atoms with Gasteiger partial charge in [-0.3, -0.25) is 0 Å². The molecule has 1 saturated carbocycles. The van der Waals surface area contributed by atoms with Crippen molar-refractivity contribution < 1.29 is 14.1 Å². The van der Waals surface area contributed by atoms with E-state index >= 15 is 0 Å². The van der Waals surface area contributed by atoms with Gasteiger partial charge >= 0.3 is 6.09 Å². The molecular formula is C16H17N3O3. The number of amides is 1. The standard InChI is InChI=1S/C16H17N3O3/c1-21-16(20)17-13-7-5-10-8-11(4-6-12(10)13)15-18-14(19-22-15)9-2-3-9/h4,6,8-9,13H,2-3,5,7H2,1H3,(H,17,20)/t13-/m1/s1. The first-order valence-electron chi connectivity index (χ1n) is 7.56. The summed E-state index contributed by atoms with van der Waals surface area (Å²) in [6.07, 6.45) is 3.72. The zero-order valence-corrected chi connectivity index (χ0v) is 12.3. The Morgan fingerprint density at radius 1 is 1.36 bits per heavy atom. The van der Waals surface area contributed by atoms with Gasteiger partial charge in [0.1, 0.15) is 0 Å². The van der Waals surface area contributed by atoms with Gasteiger partial charge in [0, 0.05) is 11.5 Å². The molecule has 6 nitrogen and oxygen atoms in total. The number of ether oxygens (including phenoxy) is 1. The van der Waals surface area contributed by atoms with Crippen molar-refractivity contribution in [2.24, 2.45) is 0 Å². The minimum absolute atomic E-state index is 0.0150. The van der Waals surface area contributed by atoms with E-state index in [0.717, 1.165) is 42.6 Å². The van der Waals surface area contributed by atoms with E-state index in [0.29, 0.717) is 11.8 Å². The van der Waals surface area contributed by atoms with Crippen LogP contribution in [0.1, 0.15) is 48.2 Å². The minimum Gasteiger partial charge on any atom is -0.453 e. The first-order chi connectivity index (χ1) is 10.7. The molecule has 114 valence electrons. The van der Waals surface area contributed by atoms with Crippen molar-refractivity contribution in [1.29, 1.82) is 0 Å². The number of nitrogens with zero attached hydrogens (tertiary/aromatic N) is 2. The number of nitrogens with one attached hydrogen (secondary N) is 1. The lowest BCUT2D eigenvalue weighted by Gasteiger charge is -2.12. The van der Waals surface area contributed by atoms with Gasteiger partial charge in [-0.25, -0.2) is 4.79 Å². The van der Waals surface area contributed by atoms with Crippen molar-refractivity contribution in [3.05, 3.63) is 35.2 Å². The fourth-order valence-electron chi connectivity index (χ4n) is 2.96. The van der Waals surface area contributed by atoms with E-state index in [2.05, 4.69) is 26.3 Å². The molecule has 0 unspecified atom stereocenters. The molecule has 1 fully saturated rings. The van der Waals surface area contributed by atoms with Crippen LogP contribution in [0, 0.1) is 0 Å². The molecule has 6 heteroatoms. The van der Waals surface area contributed by atoms with Crippen molar-refractivity contribution in [3.8, 4) is 11.5 Å². The van der Waals surface area contributed by atoms with E-state index in [4.69, 9.17) is 4.52 Å². The molecule has 1 N–H and O–H groups in total. The van der Waals surface area contributed by atoms with E-state index in [1.807, 2.05) is 12.1 Å². The average Bonchev–Trinajstić information content (AvgIpc) is 3.14. The van der Waals surface area contributed by atoms with Crippen molar-refractivity contribution in [3.63, 3.8) is 0 Å². The maximum Gasteiger partial charge on any atom is 0.407 e. The zero-order valence-electron chi connectivity index (χ0n) is 12.3. The highest BCUT2D eigenvalue weighted by atomic mass is 16.5. The number of carbonyl (C=O) groups is 1. The minimum atomic E-state index is -0.395. The number of fused-ring (bicyclic) bond motifs is 1. The van der Waals surface area contributed by atoms with Crippen molar-refractivity contribution in [2.45, 2.75) is 37.6 Å². The second-order valence-electron chi connectivity index (χ2n) is 5.87. The monoisotopic (exact) mass is 299 g/mol. The van der Waals surface area contributed by atoms with Crippen molar-refractivity contribution in [2.75, 3.05) is 7.11 Å². The smallest absolute Gasteiger partial charge is 0.407 e. The van der Waals surface area contributed by atoms with Crippen LogP contribution in [0.25, 0.3) is 11.5 Å². The lowest BCUT2D eigenvalue weighted by Crippen LogP contribution is -2.26. The molecule has 1 heterocycles. The third-order valence-corrected chi connectivity index (χ3v) is 4.33. The van der Waals surface area contributed by atoms with Crippen LogP contribution in [0.4, 0.5) is 4.79 Å². The van der Waals surface area contributed by atoms with Crippen LogP contribution in [-0.2, 0) is 11.2 Å². The summed E-state index contributed by atoms with van der Waals surface area (Å²) < 4.78 is 10.0. The lowest BCUT2D eigenvalue weighted by molar-refractivity contribution is 0.166. The summed E-state index contributed by atoms with van der Waals surface area (Å²) in [5.41, 5.74) is 3.29. The Labute approximate surface area is 127 Å². The van der Waals surface area contributed by atoms with Crippen LogP contribution in [0.2, 0.25) is 0 Å². The fourth-order valence-corrected chi connectivity index (χ4v) is 2.96. The summed E-state index contributed by atoms with van der Waals surface area (Å²) in [5, 5.41) is 6.91. The Morgan fingerprint density at radius 2 is 2.23 bits per heavy atom. The topological polar surface area (TPSA) is 77.2 Å². The molecule has 0 bridgehead atoms. The fraction of sp³-hybridized carbons (Fsp3) is 0.438. The van der Waals surface area contributed by atoms with Crippen LogP contribution in [0.15, 0.2) is 22.7 Å². The van der Waals surface area contributed by atoms with Crippen molar-refractivity contribution >= 4 is 6.09 Å². The predicted octanol–water partition coefficient (Wildman–Crippen LogP) is 2.96. The van der Waals surface area contributed by atoms with Crippen LogP contribution >= 0.6 is 0 Å². The molecule has 2 aromatic rings. The highest BCUT2D eigenvalue weighted by molar-refractivity contribution is 5.68. The van der Waals surface area contributed by atoms with Gasteiger partial charge in [0.15, 0.2) is 5.82 Å². The van der Waals surface area contributed by atoms with Gasteiger partial charge in [-0.05, 0) is 48.9 Å². The van der Waals surface area contributed by atoms with Gasteiger partial charge < -0.3 is 14.6 Å². The normalized spacial score (nSPS) is 19.8. The van der Waals surface area contributed by atoms with Gasteiger partial charge in [0.25, 0.3) is 5.89 Å². The maximum atomic E-state index is 11.4. The molecule has 1 amide bonds. The molecular weight excluding hydrogens is 282 g/mol. The van der Waals surface area contributed by atoms with E-state index in [1.54, 1.807) is 0 Å². The molecule has 22 heavy (non-hydrogen) atoms. The predicted molar refractivity (Wildman–Crippen MR) is 78.3 cm³/mol. The van der Waals surface area contributed by atoms with Gasteiger partial charge in [-0.15, -0.1) is 0 Å². The van der Waals surface area contributed by atoms with Crippen LogP contribution in [-0.4, -0.2) is 23.3 Å². The van der Waals surface area contributed by atoms with Gasteiger partial charge in [0.2, 0.25) is 0 Å². The quantitative estimate of drug-likeness (QED) is 0.942. The molecule has 0 spiro atoms. The number of methoxy groups -OCH3 is 1. The Morgan fingerprint density at radius 3 is 3.00 bits per heavy atom. The SMILES string of the molecule is COC(=O)N[C@@H]1CCc2cc(-c3nc(C4CC4)no3)ccc21. The molecule has 1 aromatic carbocycles. The summed E-state index contributed by atoms with van der Waals surface area (Å²) in [6, 6.07) is 6.10. The van der Waals surface area contributed by atoms with Crippen LogP contribution < -0.4 is 5.32 Å². The third-order valence-electron chi connectivity index (χ3n) is 4.33. The summed E-state index contributed by atoms with van der Waals surface area (Å²) in [6.45, 7) is 0. The van der Waals surface area contributed by atoms with Crippen LogP contribution in [0.3, 0.4) is 0 Å². The van der Waals surface area contributed by atoms with E-state index in [9.17, 15) is 4.79 Å². The second kappa shape index (κ2) is 5.12. The number of aromatic nitrogens is 2. The number of alkyl carbamates (subject to hydrolysis) is 1. The second-order valence-corrected chi connectivity index (χ2v) is 5.87. The molecule has 4 rings (SSSR count).